The lowest BCUT2D eigenvalue weighted by Gasteiger charge is -2.20. The third kappa shape index (κ3) is 47.8. The van der Waals surface area contributed by atoms with Gasteiger partial charge in [-0.1, -0.05) is 250 Å². The molecule has 0 spiro atoms. The number of nitrogens with one attached hydrogen (secondary N) is 1. The summed E-state index contributed by atoms with van der Waals surface area (Å²) in [6, 6.07) is -0.630. The van der Waals surface area contributed by atoms with Crippen LogP contribution >= 0.6 is 0 Å². The van der Waals surface area contributed by atoms with Crippen LogP contribution in [0.15, 0.2) is 24.3 Å². The first-order chi connectivity index (χ1) is 30.5. The number of esters is 1. The molecule has 0 heterocycles. The molecule has 366 valence electrons. The number of aliphatic hydroxyl groups excluding tert-OH is 2. The fraction of sp³-hybridized carbons (Fsp3) is 0.893. The molecule has 6 nitrogen and oxygen atoms in total. The molecule has 0 aliphatic rings. The molecular formula is C56H107NO5. The number of ether oxygens (including phenoxy) is 1. The van der Waals surface area contributed by atoms with Gasteiger partial charge in [-0.25, -0.2) is 0 Å². The van der Waals surface area contributed by atoms with Crippen LogP contribution in [0.4, 0.5) is 0 Å². The van der Waals surface area contributed by atoms with Crippen LogP contribution in [0, 0.1) is 0 Å². The number of hydrogen-bond donors (Lipinski definition) is 3. The highest BCUT2D eigenvalue weighted by molar-refractivity contribution is 5.76. The van der Waals surface area contributed by atoms with E-state index in [0.29, 0.717) is 19.4 Å². The largest absolute Gasteiger partial charge is 0.466 e. The summed E-state index contributed by atoms with van der Waals surface area (Å²) in [6.45, 7) is 4.88. The van der Waals surface area contributed by atoms with Crippen LogP contribution in [0.25, 0.3) is 0 Å². The molecule has 3 N–H and O–H groups in total. The number of amides is 1. The van der Waals surface area contributed by atoms with Crippen LogP contribution < -0.4 is 5.32 Å². The van der Waals surface area contributed by atoms with E-state index in [9.17, 15) is 19.8 Å². The van der Waals surface area contributed by atoms with E-state index in [1.807, 2.05) is 6.08 Å². The fourth-order valence-corrected chi connectivity index (χ4v) is 8.45. The highest BCUT2D eigenvalue weighted by Crippen LogP contribution is 2.16. The molecule has 0 aliphatic carbocycles. The van der Waals surface area contributed by atoms with Crippen LogP contribution in [-0.2, 0) is 14.3 Å². The molecule has 0 bridgehead atoms. The maximum Gasteiger partial charge on any atom is 0.305 e. The van der Waals surface area contributed by atoms with Crippen molar-refractivity contribution in [3.8, 4) is 0 Å². The molecule has 62 heavy (non-hydrogen) atoms. The molecule has 2 unspecified atom stereocenters. The van der Waals surface area contributed by atoms with E-state index in [1.54, 1.807) is 6.08 Å². The van der Waals surface area contributed by atoms with Crippen LogP contribution in [0.3, 0.4) is 0 Å². The lowest BCUT2D eigenvalue weighted by atomic mass is 10.0. The quantitative estimate of drug-likeness (QED) is 0.0321. The first kappa shape index (κ1) is 60.3. The fourth-order valence-electron chi connectivity index (χ4n) is 8.45. The SMILES string of the molecule is CCCCCCCCC/C=C/C(O)C(CO)NC(=O)CCCCCCCCC/C=C\CCCCCCCCCCCCCOC(=O)CCCCCCCCCCCCCCCC. The maximum absolute atomic E-state index is 12.4. The normalized spacial score (nSPS) is 12.8. The number of unbranched alkanes of at least 4 members (excludes halogenated alkanes) is 38. The summed E-state index contributed by atoms with van der Waals surface area (Å²) >= 11 is 0. The van der Waals surface area contributed by atoms with E-state index in [4.69, 9.17) is 4.74 Å². The Morgan fingerprint density at radius 3 is 1.15 bits per heavy atom. The lowest BCUT2D eigenvalue weighted by molar-refractivity contribution is -0.143. The Hall–Kier alpha value is -1.66. The van der Waals surface area contributed by atoms with Crippen LogP contribution in [-0.4, -0.2) is 47.4 Å². The molecule has 0 saturated carbocycles. The van der Waals surface area contributed by atoms with E-state index in [-0.39, 0.29) is 18.5 Å². The molecule has 0 rings (SSSR count). The van der Waals surface area contributed by atoms with Crippen molar-refractivity contribution >= 4 is 11.9 Å². The molecule has 0 saturated heterocycles. The van der Waals surface area contributed by atoms with Crippen molar-refractivity contribution < 1.29 is 24.5 Å². The predicted octanol–water partition coefficient (Wildman–Crippen LogP) is 16.7. The minimum absolute atomic E-state index is 0.0113. The van der Waals surface area contributed by atoms with Crippen molar-refractivity contribution in [1.82, 2.24) is 5.32 Å². The van der Waals surface area contributed by atoms with Crippen molar-refractivity contribution in [3.63, 3.8) is 0 Å². The maximum atomic E-state index is 12.4. The second-order valence-electron chi connectivity index (χ2n) is 18.9. The summed E-state index contributed by atoms with van der Waals surface area (Å²) < 4.78 is 5.48. The minimum atomic E-state index is -0.846. The first-order valence-corrected chi connectivity index (χ1v) is 27.6. The number of aliphatic hydroxyl groups is 2. The topological polar surface area (TPSA) is 95.9 Å². The minimum Gasteiger partial charge on any atom is -0.466 e. The van der Waals surface area contributed by atoms with Crippen molar-refractivity contribution in [2.45, 2.75) is 309 Å². The summed E-state index contributed by atoms with van der Waals surface area (Å²) in [5, 5.41) is 22.9. The Kier molecular flexibility index (Phi) is 50.6. The van der Waals surface area contributed by atoms with E-state index in [2.05, 4.69) is 31.3 Å². The predicted molar refractivity (Wildman–Crippen MR) is 269 cm³/mol. The summed E-state index contributed by atoms with van der Waals surface area (Å²) in [6.07, 6.45) is 62.0. The van der Waals surface area contributed by atoms with Gasteiger partial charge < -0.3 is 20.3 Å². The van der Waals surface area contributed by atoms with E-state index < -0.39 is 12.1 Å². The molecule has 6 heteroatoms. The number of carbonyl (C=O) groups is 2. The summed E-state index contributed by atoms with van der Waals surface area (Å²) in [5.41, 5.74) is 0. The smallest absolute Gasteiger partial charge is 0.305 e. The second kappa shape index (κ2) is 52.0. The van der Waals surface area contributed by atoms with Gasteiger partial charge in [0, 0.05) is 12.8 Å². The third-order valence-electron chi connectivity index (χ3n) is 12.7. The van der Waals surface area contributed by atoms with Gasteiger partial charge in [-0.15, -0.1) is 0 Å². The first-order valence-electron chi connectivity index (χ1n) is 27.6. The van der Waals surface area contributed by atoms with Gasteiger partial charge in [0.2, 0.25) is 5.91 Å². The van der Waals surface area contributed by atoms with Gasteiger partial charge in [-0.2, -0.15) is 0 Å². The monoisotopic (exact) mass is 874 g/mol. The Bertz CT molecular complexity index is 966. The van der Waals surface area contributed by atoms with Gasteiger partial charge >= 0.3 is 5.97 Å². The van der Waals surface area contributed by atoms with E-state index >= 15 is 0 Å². The van der Waals surface area contributed by atoms with Crippen molar-refractivity contribution in [2.24, 2.45) is 0 Å². The molecule has 0 aromatic heterocycles. The van der Waals surface area contributed by atoms with Gasteiger partial charge in [0.25, 0.3) is 0 Å². The standard InChI is InChI=1S/C56H107NO5/c1-3-5-7-9-11-13-14-15-27-30-34-38-42-46-50-56(61)62-51-47-43-39-35-31-28-25-23-21-19-17-16-18-20-22-24-26-29-33-37-41-45-49-55(60)57-53(52-58)54(59)48-44-40-36-32-12-10-8-6-4-2/h18,20,44,48,53-54,58-59H,3-17,19,21-43,45-47,49-52H2,1-2H3,(H,57,60)/b20-18-,48-44+. The Morgan fingerprint density at radius 2 is 0.758 bits per heavy atom. The highest BCUT2D eigenvalue weighted by Gasteiger charge is 2.18. The van der Waals surface area contributed by atoms with Crippen LogP contribution in [0.1, 0.15) is 296 Å². The molecule has 0 aromatic carbocycles. The Morgan fingerprint density at radius 1 is 0.435 bits per heavy atom. The summed E-state index contributed by atoms with van der Waals surface area (Å²) in [4.78, 5) is 24.4. The number of rotatable bonds is 51. The van der Waals surface area contributed by atoms with Crippen molar-refractivity contribution in [1.29, 1.82) is 0 Å². The van der Waals surface area contributed by atoms with Gasteiger partial charge in [0.1, 0.15) is 0 Å². The van der Waals surface area contributed by atoms with Crippen LogP contribution in [0.5, 0.6) is 0 Å². The van der Waals surface area contributed by atoms with Crippen molar-refractivity contribution in [2.75, 3.05) is 13.2 Å². The van der Waals surface area contributed by atoms with Crippen LogP contribution in [0.2, 0.25) is 0 Å². The zero-order chi connectivity index (χ0) is 45.1. The van der Waals surface area contributed by atoms with Gasteiger partial charge in [0.05, 0.1) is 25.4 Å². The molecule has 0 radical (unpaired) electrons. The van der Waals surface area contributed by atoms with Gasteiger partial charge in [-0.3, -0.25) is 9.59 Å². The second-order valence-corrected chi connectivity index (χ2v) is 18.9. The lowest BCUT2D eigenvalue weighted by Crippen LogP contribution is -2.45. The summed E-state index contributed by atoms with van der Waals surface area (Å²) in [5.74, 6) is -0.0663. The molecule has 2 atom stereocenters. The average Bonchev–Trinajstić information content (AvgIpc) is 3.27. The molecule has 0 fully saturated rings. The number of allylic oxidation sites excluding steroid dienone is 3. The highest BCUT2D eigenvalue weighted by atomic mass is 16.5. The average molecular weight is 874 g/mol. The van der Waals surface area contributed by atoms with E-state index in [0.717, 1.165) is 44.9 Å². The Balaban J connectivity index is 3.40. The molecule has 0 aliphatic heterocycles. The van der Waals surface area contributed by atoms with Gasteiger partial charge in [0.15, 0.2) is 0 Å². The zero-order valence-corrected chi connectivity index (χ0v) is 41.6. The van der Waals surface area contributed by atoms with Crippen molar-refractivity contribution in [3.05, 3.63) is 24.3 Å². The zero-order valence-electron chi connectivity index (χ0n) is 41.6. The summed E-state index contributed by atoms with van der Waals surface area (Å²) in [7, 11) is 0. The molecule has 1 amide bonds. The molecule has 0 aromatic rings. The number of hydrogen-bond acceptors (Lipinski definition) is 5. The third-order valence-corrected chi connectivity index (χ3v) is 12.7. The van der Waals surface area contributed by atoms with Gasteiger partial charge in [-0.05, 0) is 57.8 Å². The Labute approximate surface area is 386 Å². The number of carbonyl (C=O) groups excluding carboxylic acids is 2. The van der Waals surface area contributed by atoms with E-state index in [1.165, 1.54) is 225 Å². The molecular weight excluding hydrogens is 767 g/mol.